The summed E-state index contributed by atoms with van der Waals surface area (Å²) in [6, 6.07) is 0. The second-order valence-corrected chi connectivity index (χ2v) is 6.05. The van der Waals surface area contributed by atoms with Crippen molar-refractivity contribution in [2.75, 3.05) is 6.61 Å². The predicted octanol–water partition coefficient (Wildman–Crippen LogP) is 2.54. The smallest absolute Gasteiger partial charge is 0.433 e. The normalized spacial score (nSPS) is 23.1. The molecule has 0 heterocycles. The Kier molecular flexibility index (Phi) is 6.05. The van der Waals surface area contributed by atoms with E-state index >= 15 is 0 Å². The van der Waals surface area contributed by atoms with Gasteiger partial charge in [0.2, 0.25) is 0 Å². The first-order valence-electron chi connectivity index (χ1n) is 7.19. The molecule has 1 unspecified atom stereocenters. The number of aliphatic imine (C=N–C) groups is 1. The van der Waals surface area contributed by atoms with Crippen molar-refractivity contribution >= 4 is 24.1 Å². The maximum absolute atomic E-state index is 11.8. The average molecular weight is 297 g/mol. The highest BCUT2D eigenvalue weighted by atomic mass is 16.6. The van der Waals surface area contributed by atoms with Crippen molar-refractivity contribution in [3.05, 3.63) is 0 Å². The zero-order valence-corrected chi connectivity index (χ0v) is 13.0. The summed E-state index contributed by atoms with van der Waals surface area (Å²) in [7, 11) is 0. The van der Waals surface area contributed by atoms with Gasteiger partial charge >= 0.3 is 12.1 Å². The molecule has 0 aromatic rings. The van der Waals surface area contributed by atoms with Gasteiger partial charge in [-0.1, -0.05) is 0 Å². The quantitative estimate of drug-likeness (QED) is 0.590. The van der Waals surface area contributed by atoms with Crippen molar-refractivity contribution in [3.63, 3.8) is 0 Å². The molecule has 0 bridgehead atoms. The molecule has 21 heavy (non-hydrogen) atoms. The van der Waals surface area contributed by atoms with E-state index in [-0.39, 0.29) is 17.7 Å². The summed E-state index contributed by atoms with van der Waals surface area (Å²) in [5.74, 6) is -1.14. The zero-order chi connectivity index (χ0) is 16.0. The first-order chi connectivity index (χ1) is 9.73. The maximum Gasteiger partial charge on any atom is 0.433 e. The molecular formula is C15H23NO5. The van der Waals surface area contributed by atoms with E-state index in [4.69, 9.17) is 9.47 Å². The van der Waals surface area contributed by atoms with E-state index in [9.17, 15) is 14.4 Å². The van der Waals surface area contributed by atoms with Gasteiger partial charge in [0.25, 0.3) is 0 Å². The van der Waals surface area contributed by atoms with E-state index in [0.29, 0.717) is 25.9 Å². The Morgan fingerprint density at radius 3 is 2.62 bits per heavy atom. The lowest BCUT2D eigenvalue weighted by atomic mass is 9.81. The summed E-state index contributed by atoms with van der Waals surface area (Å²) < 4.78 is 10.0. The predicted molar refractivity (Wildman–Crippen MR) is 77.2 cm³/mol. The van der Waals surface area contributed by atoms with Gasteiger partial charge in [0.15, 0.2) is 0 Å². The van der Waals surface area contributed by atoms with Crippen LogP contribution >= 0.6 is 0 Å². The molecule has 2 atom stereocenters. The molecule has 1 amide bonds. The topological polar surface area (TPSA) is 82.0 Å². The maximum atomic E-state index is 11.8. The highest BCUT2D eigenvalue weighted by molar-refractivity contribution is 5.98. The minimum absolute atomic E-state index is 0.0112. The molecule has 1 rings (SSSR count). The third-order valence-corrected chi connectivity index (χ3v) is 3.06. The number of nitrogens with zero attached hydrogens (tertiary/aromatic N) is 1. The third kappa shape index (κ3) is 6.06. The first kappa shape index (κ1) is 17.3. The van der Waals surface area contributed by atoms with Crippen LogP contribution in [0.3, 0.4) is 0 Å². The summed E-state index contributed by atoms with van der Waals surface area (Å²) in [4.78, 5) is 38.7. The second kappa shape index (κ2) is 7.33. The standard InChI is InChI=1S/C15H23NO5/c1-5-20-13(18)10-6-7-12(17)11(8-10)9-16-14(19)21-15(2,3)4/h9-11H,5-8H2,1-4H3/t10-,11?/m1/s1. The van der Waals surface area contributed by atoms with Crippen molar-refractivity contribution in [1.29, 1.82) is 0 Å². The molecule has 0 aromatic heterocycles. The zero-order valence-electron chi connectivity index (χ0n) is 13.0. The van der Waals surface area contributed by atoms with Gasteiger partial charge in [-0.2, -0.15) is 4.99 Å². The number of hydrogen-bond acceptors (Lipinski definition) is 5. The van der Waals surface area contributed by atoms with Crippen molar-refractivity contribution in [3.8, 4) is 0 Å². The lowest BCUT2D eigenvalue weighted by Gasteiger charge is -2.24. The van der Waals surface area contributed by atoms with Crippen LogP contribution in [0.4, 0.5) is 4.79 Å². The summed E-state index contributed by atoms with van der Waals surface area (Å²) in [5.41, 5.74) is -0.627. The fourth-order valence-electron chi connectivity index (χ4n) is 2.11. The Bertz CT molecular complexity index is 436. The minimum Gasteiger partial charge on any atom is -0.466 e. The fourth-order valence-corrected chi connectivity index (χ4v) is 2.11. The lowest BCUT2D eigenvalue weighted by molar-refractivity contribution is -0.150. The number of ether oxygens (including phenoxy) is 2. The summed E-state index contributed by atoms with van der Waals surface area (Å²) >= 11 is 0. The van der Waals surface area contributed by atoms with Gasteiger partial charge in [0.05, 0.1) is 18.4 Å². The summed E-state index contributed by atoms with van der Waals surface area (Å²) in [5, 5.41) is 0. The van der Waals surface area contributed by atoms with Gasteiger partial charge in [-0.3, -0.25) is 9.59 Å². The molecule has 0 N–H and O–H groups in total. The van der Waals surface area contributed by atoms with Gasteiger partial charge in [-0.15, -0.1) is 0 Å². The molecule has 0 aliphatic heterocycles. The number of Topliss-reactive ketones (excluding diaryl/α,β-unsaturated/α-hetero) is 1. The monoisotopic (exact) mass is 297 g/mol. The summed E-state index contributed by atoms with van der Waals surface area (Å²) in [6.07, 6.45) is 1.70. The Labute approximate surface area is 124 Å². The van der Waals surface area contributed by atoms with Crippen LogP contribution in [0.5, 0.6) is 0 Å². The Morgan fingerprint density at radius 2 is 2.05 bits per heavy atom. The largest absolute Gasteiger partial charge is 0.466 e. The number of esters is 1. The van der Waals surface area contributed by atoms with Crippen LogP contribution in [0.1, 0.15) is 47.0 Å². The fraction of sp³-hybridized carbons (Fsp3) is 0.733. The molecular weight excluding hydrogens is 274 g/mol. The van der Waals surface area contributed by atoms with E-state index in [0.717, 1.165) is 0 Å². The number of carbonyl (C=O) groups is 3. The first-order valence-corrected chi connectivity index (χ1v) is 7.19. The van der Waals surface area contributed by atoms with Gasteiger partial charge < -0.3 is 9.47 Å². The summed E-state index contributed by atoms with van der Waals surface area (Å²) in [6.45, 7) is 7.28. The van der Waals surface area contributed by atoms with Crippen molar-refractivity contribution in [2.24, 2.45) is 16.8 Å². The van der Waals surface area contributed by atoms with Crippen LogP contribution in [0.2, 0.25) is 0 Å². The Balaban J connectivity index is 2.61. The number of hydrogen-bond donors (Lipinski definition) is 0. The van der Waals surface area contributed by atoms with Crippen LogP contribution in [0, 0.1) is 11.8 Å². The molecule has 6 heteroatoms. The van der Waals surface area contributed by atoms with E-state index in [1.165, 1.54) is 6.21 Å². The molecule has 0 spiro atoms. The van der Waals surface area contributed by atoms with Crippen molar-refractivity contribution in [1.82, 2.24) is 0 Å². The number of rotatable bonds is 3. The van der Waals surface area contributed by atoms with Crippen LogP contribution in [-0.2, 0) is 19.1 Å². The van der Waals surface area contributed by atoms with Crippen molar-refractivity contribution in [2.45, 2.75) is 52.6 Å². The number of amides is 1. The van der Waals surface area contributed by atoms with E-state index in [1.807, 2.05) is 0 Å². The Hall–Kier alpha value is -1.72. The van der Waals surface area contributed by atoms with Crippen molar-refractivity contribution < 1.29 is 23.9 Å². The van der Waals surface area contributed by atoms with Crippen LogP contribution < -0.4 is 0 Å². The van der Waals surface area contributed by atoms with E-state index < -0.39 is 17.6 Å². The lowest BCUT2D eigenvalue weighted by Crippen LogP contribution is -2.31. The molecule has 0 aromatic carbocycles. The molecule has 1 aliphatic rings. The van der Waals surface area contributed by atoms with Crippen LogP contribution in [0.15, 0.2) is 4.99 Å². The van der Waals surface area contributed by atoms with E-state index in [1.54, 1.807) is 27.7 Å². The molecule has 0 saturated heterocycles. The average Bonchev–Trinajstić information content (AvgIpc) is 2.36. The second-order valence-electron chi connectivity index (χ2n) is 6.05. The molecule has 1 saturated carbocycles. The SMILES string of the molecule is CCOC(=O)[C@@H]1CCC(=O)C(C=NC(=O)OC(C)(C)C)C1. The molecule has 6 nitrogen and oxygen atoms in total. The third-order valence-electron chi connectivity index (χ3n) is 3.06. The van der Waals surface area contributed by atoms with Gasteiger partial charge in [0.1, 0.15) is 11.4 Å². The van der Waals surface area contributed by atoms with Gasteiger partial charge in [-0.25, -0.2) is 4.79 Å². The number of ketones is 1. The highest BCUT2D eigenvalue weighted by Gasteiger charge is 2.32. The van der Waals surface area contributed by atoms with Crippen LogP contribution in [-0.4, -0.2) is 36.3 Å². The highest BCUT2D eigenvalue weighted by Crippen LogP contribution is 2.26. The molecule has 118 valence electrons. The van der Waals surface area contributed by atoms with E-state index in [2.05, 4.69) is 4.99 Å². The van der Waals surface area contributed by atoms with Gasteiger partial charge in [-0.05, 0) is 40.5 Å². The Morgan fingerprint density at radius 1 is 1.38 bits per heavy atom. The molecule has 1 fully saturated rings. The number of carbonyl (C=O) groups excluding carboxylic acids is 3. The molecule has 0 radical (unpaired) electrons. The minimum atomic E-state index is -0.728. The van der Waals surface area contributed by atoms with Gasteiger partial charge in [0, 0.05) is 12.6 Å². The molecule has 1 aliphatic carbocycles. The van der Waals surface area contributed by atoms with Crippen LogP contribution in [0.25, 0.3) is 0 Å².